The minimum atomic E-state index is -0.0789. The highest BCUT2D eigenvalue weighted by atomic mass is 16.3. The van der Waals surface area contributed by atoms with Gasteiger partial charge < -0.3 is 5.11 Å². The molecule has 176 valence electrons. The lowest BCUT2D eigenvalue weighted by Crippen LogP contribution is -2.52. The molecule has 0 spiro atoms. The third kappa shape index (κ3) is 3.79. The van der Waals surface area contributed by atoms with E-state index < -0.39 is 0 Å². The van der Waals surface area contributed by atoms with Crippen LogP contribution in [0.15, 0.2) is 23.8 Å². The first kappa shape index (κ1) is 23.6. The van der Waals surface area contributed by atoms with Gasteiger partial charge in [0, 0.05) is 0 Å². The molecule has 4 aliphatic carbocycles. The Bertz CT molecular complexity index is 705. The first-order chi connectivity index (χ1) is 14.6. The monoisotopic (exact) mass is 426 g/mol. The molecule has 3 fully saturated rings. The van der Waals surface area contributed by atoms with Gasteiger partial charge in [-0.1, -0.05) is 58.4 Å². The lowest BCUT2D eigenvalue weighted by molar-refractivity contribution is -0.0773. The van der Waals surface area contributed by atoms with Crippen molar-refractivity contribution in [1.82, 2.24) is 0 Å². The minimum absolute atomic E-state index is 0.0789. The van der Waals surface area contributed by atoms with Crippen molar-refractivity contribution in [3.05, 3.63) is 23.8 Å². The molecule has 0 radical (unpaired) electrons. The molecule has 3 saturated carbocycles. The van der Waals surface area contributed by atoms with Crippen molar-refractivity contribution in [3.8, 4) is 0 Å². The molecule has 0 aromatic carbocycles. The molecular formula is C30H50O. The SMILES string of the molecule is C=C(C)[C@H](CC)CC[C@@H](C)[C@H]1CC[C@H]2C3=CC[C@H]4[C@H](C)[C@@H](O)CC[C@]4(C)[C@H]3CC[C@]12C. The summed E-state index contributed by atoms with van der Waals surface area (Å²) in [4.78, 5) is 0. The molecule has 0 heterocycles. The topological polar surface area (TPSA) is 20.2 Å². The van der Waals surface area contributed by atoms with Crippen LogP contribution in [0.3, 0.4) is 0 Å². The van der Waals surface area contributed by atoms with Crippen LogP contribution in [-0.2, 0) is 0 Å². The predicted molar refractivity (Wildman–Crippen MR) is 133 cm³/mol. The van der Waals surface area contributed by atoms with Crippen molar-refractivity contribution in [2.45, 2.75) is 112 Å². The van der Waals surface area contributed by atoms with E-state index in [0.717, 1.165) is 30.1 Å². The Morgan fingerprint density at radius 3 is 2.45 bits per heavy atom. The number of rotatable bonds is 6. The highest BCUT2D eigenvalue weighted by molar-refractivity contribution is 5.28. The van der Waals surface area contributed by atoms with Crippen LogP contribution in [0.5, 0.6) is 0 Å². The van der Waals surface area contributed by atoms with Crippen molar-refractivity contribution < 1.29 is 5.11 Å². The Labute approximate surface area is 193 Å². The van der Waals surface area contributed by atoms with E-state index in [-0.39, 0.29) is 6.10 Å². The molecule has 31 heavy (non-hydrogen) atoms. The zero-order valence-electron chi connectivity index (χ0n) is 21.4. The van der Waals surface area contributed by atoms with E-state index >= 15 is 0 Å². The van der Waals surface area contributed by atoms with Gasteiger partial charge in [0.25, 0.3) is 0 Å². The first-order valence-electron chi connectivity index (χ1n) is 13.7. The molecule has 0 aromatic heterocycles. The van der Waals surface area contributed by atoms with Crippen LogP contribution in [-0.4, -0.2) is 11.2 Å². The number of hydrogen-bond acceptors (Lipinski definition) is 1. The average molecular weight is 427 g/mol. The van der Waals surface area contributed by atoms with Crippen LogP contribution < -0.4 is 0 Å². The Morgan fingerprint density at radius 2 is 1.77 bits per heavy atom. The molecule has 4 rings (SSSR count). The third-order valence-electron chi connectivity index (χ3n) is 11.5. The minimum Gasteiger partial charge on any atom is -0.393 e. The summed E-state index contributed by atoms with van der Waals surface area (Å²) in [5.74, 6) is 5.17. The number of aliphatic hydroxyl groups excluding tert-OH is 1. The van der Waals surface area contributed by atoms with Crippen LogP contribution in [0.2, 0.25) is 0 Å². The lowest BCUT2D eigenvalue weighted by atomic mass is 9.46. The van der Waals surface area contributed by atoms with Gasteiger partial charge in [0.1, 0.15) is 0 Å². The second kappa shape index (κ2) is 8.66. The van der Waals surface area contributed by atoms with Gasteiger partial charge in [-0.05, 0) is 123 Å². The van der Waals surface area contributed by atoms with E-state index in [1.54, 1.807) is 0 Å². The van der Waals surface area contributed by atoms with Gasteiger partial charge in [-0.3, -0.25) is 0 Å². The summed E-state index contributed by atoms with van der Waals surface area (Å²) in [7, 11) is 0. The van der Waals surface area contributed by atoms with Crippen molar-refractivity contribution in [2.75, 3.05) is 0 Å². The molecule has 0 aromatic rings. The van der Waals surface area contributed by atoms with Crippen LogP contribution in [0.25, 0.3) is 0 Å². The van der Waals surface area contributed by atoms with Crippen molar-refractivity contribution in [3.63, 3.8) is 0 Å². The maximum Gasteiger partial charge on any atom is 0.0568 e. The molecule has 1 heteroatoms. The smallest absolute Gasteiger partial charge is 0.0568 e. The molecule has 0 bridgehead atoms. The summed E-state index contributed by atoms with van der Waals surface area (Å²) >= 11 is 0. The van der Waals surface area contributed by atoms with E-state index in [9.17, 15) is 5.11 Å². The van der Waals surface area contributed by atoms with E-state index in [1.807, 2.05) is 5.57 Å². The molecule has 1 N–H and O–H groups in total. The molecule has 1 nitrogen and oxygen atoms in total. The zero-order chi connectivity index (χ0) is 22.6. The van der Waals surface area contributed by atoms with Gasteiger partial charge >= 0.3 is 0 Å². The summed E-state index contributed by atoms with van der Waals surface area (Å²) < 4.78 is 0. The first-order valence-corrected chi connectivity index (χ1v) is 13.7. The molecular weight excluding hydrogens is 376 g/mol. The molecule has 0 aliphatic heterocycles. The fraction of sp³-hybridized carbons (Fsp3) is 0.867. The summed E-state index contributed by atoms with van der Waals surface area (Å²) in [6.07, 6.45) is 15.7. The van der Waals surface area contributed by atoms with Crippen LogP contribution in [0.1, 0.15) is 106 Å². The Hall–Kier alpha value is -0.560. The van der Waals surface area contributed by atoms with Gasteiger partial charge in [-0.25, -0.2) is 0 Å². The highest BCUT2D eigenvalue weighted by Crippen LogP contribution is 2.67. The summed E-state index contributed by atoms with van der Waals surface area (Å²) in [6, 6.07) is 0. The molecule has 0 unspecified atom stereocenters. The molecule has 4 aliphatic rings. The second-order valence-corrected chi connectivity index (χ2v) is 12.9. The normalized spacial score (nSPS) is 46.4. The van der Waals surface area contributed by atoms with Gasteiger partial charge in [-0.2, -0.15) is 0 Å². The number of aliphatic hydroxyl groups is 1. The predicted octanol–water partition coefficient (Wildman–Crippen LogP) is 8.19. The van der Waals surface area contributed by atoms with Crippen LogP contribution in [0.4, 0.5) is 0 Å². The average Bonchev–Trinajstić information content (AvgIpc) is 3.08. The largest absolute Gasteiger partial charge is 0.393 e. The quantitative estimate of drug-likeness (QED) is 0.424. The van der Waals surface area contributed by atoms with Gasteiger partial charge in [0.2, 0.25) is 0 Å². The summed E-state index contributed by atoms with van der Waals surface area (Å²) in [5.41, 5.74) is 4.17. The second-order valence-electron chi connectivity index (χ2n) is 12.9. The van der Waals surface area contributed by atoms with Crippen molar-refractivity contribution in [2.24, 2.45) is 52.3 Å². The zero-order valence-corrected chi connectivity index (χ0v) is 21.4. The molecule has 0 amide bonds. The van der Waals surface area contributed by atoms with Crippen molar-refractivity contribution in [1.29, 1.82) is 0 Å². The van der Waals surface area contributed by atoms with E-state index in [0.29, 0.717) is 28.6 Å². The third-order valence-corrected chi connectivity index (χ3v) is 11.5. The summed E-state index contributed by atoms with van der Waals surface area (Å²) in [6.45, 7) is 18.9. The highest BCUT2D eigenvalue weighted by Gasteiger charge is 2.59. The Kier molecular flexibility index (Phi) is 6.59. The van der Waals surface area contributed by atoms with Gasteiger partial charge in [-0.15, -0.1) is 0 Å². The Balaban J connectivity index is 1.51. The number of fused-ring (bicyclic) bond motifs is 5. The Morgan fingerprint density at radius 1 is 1.10 bits per heavy atom. The van der Waals surface area contributed by atoms with Crippen LogP contribution >= 0.6 is 0 Å². The van der Waals surface area contributed by atoms with Gasteiger partial charge in [0.15, 0.2) is 0 Å². The lowest BCUT2D eigenvalue weighted by Gasteiger charge is -2.59. The fourth-order valence-corrected chi connectivity index (χ4v) is 9.39. The molecule has 0 saturated heterocycles. The van der Waals surface area contributed by atoms with Crippen molar-refractivity contribution >= 4 is 0 Å². The van der Waals surface area contributed by atoms with E-state index in [2.05, 4.69) is 54.2 Å². The maximum atomic E-state index is 10.5. The van der Waals surface area contributed by atoms with E-state index in [4.69, 9.17) is 0 Å². The number of hydrogen-bond donors (Lipinski definition) is 1. The standard InChI is InChI=1S/C30H50O/c1-8-22(19(2)3)10-9-20(4)24-13-14-26-23-11-12-25-21(5)28(31)16-18-30(25,7)27(23)15-17-29(24,26)6/h11,20-22,24-28,31H,2,8-10,12-18H2,1,3-7H3/t20-,21+,22-,24-,25+,26+,27+,28+,29-,30+/m1/s1. The molecule has 10 atom stereocenters. The van der Waals surface area contributed by atoms with E-state index in [1.165, 1.54) is 63.4 Å². The fourth-order valence-electron chi connectivity index (χ4n) is 9.39. The summed E-state index contributed by atoms with van der Waals surface area (Å²) in [5, 5.41) is 10.5. The number of allylic oxidation sites excluding steroid dienone is 3. The van der Waals surface area contributed by atoms with Crippen LogP contribution in [0, 0.1) is 52.3 Å². The van der Waals surface area contributed by atoms with Gasteiger partial charge in [0.05, 0.1) is 6.10 Å². The maximum absolute atomic E-state index is 10.5.